The molecule has 17 heavy (non-hydrogen) atoms. The molecule has 2 aromatic rings. The summed E-state index contributed by atoms with van der Waals surface area (Å²) in [4.78, 5) is 0. The number of para-hydroxylation sites is 1. The second kappa shape index (κ2) is 5.39. The number of nitrogens with zero attached hydrogens (tertiary/aromatic N) is 3. The number of anilines is 2. The van der Waals surface area contributed by atoms with Gasteiger partial charge in [0.2, 0.25) is 5.13 Å². The first kappa shape index (κ1) is 11.5. The van der Waals surface area contributed by atoms with Crippen molar-refractivity contribution in [3.63, 3.8) is 0 Å². The highest BCUT2D eigenvalue weighted by Gasteiger charge is 2.06. The zero-order valence-corrected chi connectivity index (χ0v) is 9.87. The number of rotatable bonds is 4. The predicted octanol–water partition coefficient (Wildman–Crippen LogP) is 1.65. The molecule has 0 radical (unpaired) electrons. The van der Waals surface area contributed by atoms with E-state index in [4.69, 9.17) is 11.0 Å². The van der Waals surface area contributed by atoms with Gasteiger partial charge in [0.15, 0.2) is 0 Å². The monoisotopic (exact) mass is 245 g/mol. The number of nitrogens with two attached hydrogens (primary N) is 1. The molecule has 5 nitrogen and oxygen atoms in total. The molecule has 0 unspecified atom stereocenters. The first-order chi connectivity index (χ1) is 8.33. The summed E-state index contributed by atoms with van der Waals surface area (Å²) in [5, 5.41) is 21.6. The third kappa shape index (κ3) is 2.78. The fourth-order valence-corrected chi connectivity index (χ4v) is 2.10. The van der Waals surface area contributed by atoms with Crippen molar-refractivity contribution in [2.45, 2.75) is 6.42 Å². The lowest BCUT2D eigenvalue weighted by Crippen LogP contribution is -2.01. The standard InChI is InChI=1S/C11H11N5S/c12-6-5-10-15-16-11(17-10)14-9-4-2-1-3-8(9)7-13/h1-4H,5-6,12H2,(H,14,16). The van der Waals surface area contributed by atoms with Crippen LogP contribution in [-0.4, -0.2) is 16.7 Å². The zero-order valence-electron chi connectivity index (χ0n) is 9.05. The lowest BCUT2D eigenvalue weighted by atomic mass is 10.2. The number of nitriles is 1. The Balaban J connectivity index is 2.17. The van der Waals surface area contributed by atoms with Gasteiger partial charge in [0.25, 0.3) is 0 Å². The van der Waals surface area contributed by atoms with E-state index < -0.39 is 0 Å². The van der Waals surface area contributed by atoms with E-state index in [1.165, 1.54) is 11.3 Å². The van der Waals surface area contributed by atoms with Gasteiger partial charge in [-0.1, -0.05) is 23.5 Å². The van der Waals surface area contributed by atoms with E-state index in [2.05, 4.69) is 21.6 Å². The Kier molecular flexibility index (Phi) is 3.65. The third-order valence-corrected chi connectivity index (χ3v) is 3.01. The molecule has 2 rings (SSSR count). The normalized spacial score (nSPS) is 9.88. The molecule has 1 heterocycles. The Morgan fingerprint density at radius 3 is 2.94 bits per heavy atom. The Labute approximate surface area is 103 Å². The number of nitrogens with one attached hydrogen (secondary N) is 1. The van der Waals surface area contributed by atoms with Crippen LogP contribution in [0.3, 0.4) is 0 Å². The summed E-state index contributed by atoms with van der Waals surface area (Å²) >= 11 is 1.45. The maximum Gasteiger partial charge on any atom is 0.210 e. The van der Waals surface area contributed by atoms with E-state index >= 15 is 0 Å². The second-order valence-corrected chi connectivity index (χ2v) is 4.38. The molecule has 0 aliphatic carbocycles. The number of hydrogen-bond donors (Lipinski definition) is 2. The number of aromatic nitrogens is 2. The topological polar surface area (TPSA) is 87.6 Å². The highest BCUT2D eigenvalue weighted by Crippen LogP contribution is 2.23. The van der Waals surface area contributed by atoms with E-state index in [1.807, 2.05) is 18.2 Å². The van der Waals surface area contributed by atoms with Gasteiger partial charge < -0.3 is 11.1 Å². The first-order valence-electron chi connectivity index (χ1n) is 5.12. The quantitative estimate of drug-likeness (QED) is 0.855. The number of hydrogen-bond acceptors (Lipinski definition) is 6. The van der Waals surface area contributed by atoms with Gasteiger partial charge >= 0.3 is 0 Å². The summed E-state index contributed by atoms with van der Waals surface area (Å²) in [6.07, 6.45) is 0.721. The Hall–Kier alpha value is -1.97. The van der Waals surface area contributed by atoms with E-state index in [0.717, 1.165) is 17.1 Å². The van der Waals surface area contributed by atoms with Gasteiger partial charge in [0, 0.05) is 6.42 Å². The Morgan fingerprint density at radius 1 is 1.35 bits per heavy atom. The van der Waals surface area contributed by atoms with Gasteiger partial charge in [0.05, 0.1) is 11.3 Å². The van der Waals surface area contributed by atoms with Crippen molar-refractivity contribution in [3.8, 4) is 6.07 Å². The largest absolute Gasteiger partial charge is 0.330 e. The van der Waals surface area contributed by atoms with Crippen LogP contribution in [0.15, 0.2) is 24.3 Å². The molecule has 0 fully saturated rings. The fraction of sp³-hybridized carbons (Fsp3) is 0.182. The molecule has 0 saturated carbocycles. The molecule has 1 aromatic carbocycles. The molecule has 0 saturated heterocycles. The summed E-state index contributed by atoms with van der Waals surface area (Å²) < 4.78 is 0. The molecule has 3 N–H and O–H groups in total. The maximum absolute atomic E-state index is 8.95. The molecule has 6 heteroatoms. The van der Waals surface area contributed by atoms with Gasteiger partial charge in [0.1, 0.15) is 11.1 Å². The van der Waals surface area contributed by atoms with E-state index in [9.17, 15) is 0 Å². The zero-order chi connectivity index (χ0) is 12.1. The van der Waals surface area contributed by atoms with Crippen molar-refractivity contribution >= 4 is 22.2 Å². The van der Waals surface area contributed by atoms with Gasteiger partial charge in [-0.15, -0.1) is 10.2 Å². The molecular formula is C11H11N5S. The molecule has 0 aliphatic heterocycles. The van der Waals surface area contributed by atoms with Crippen LogP contribution in [0.1, 0.15) is 10.6 Å². The highest BCUT2D eigenvalue weighted by molar-refractivity contribution is 7.15. The fourth-order valence-electron chi connectivity index (χ4n) is 1.33. The molecule has 0 atom stereocenters. The molecule has 0 bridgehead atoms. The van der Waals surface area contributed by atoms with Crippen LogP contribution in [0.2, 0.25) is 0 Å². The van der Waals surface area contributed by atoms with Crippen molar-refractivity contribution in [3.05, 3.63) is 34.8 Å². The van der Waals surface area contributed by atoms with Gasteiger partial charge in [-0.2, -0.15) is 5.26 Å². The van der Waals surface area contributed by atoms with E-state index in [0.29, 0.717) is 17.2 Å². The van der Waals surface area contributed by atoms with Crippen LogP contribution in [0, 0.1) is 11.3 Å². The smallest absolute Gasteiger partial charge is 0.210 e. The average Bonchev–Trinajstić information content (AvgIpc) is 2.78. The summed E-state index contributed by atoms with van der Waals surface area (Å²) in [6.45, 7) is 0.559. The van der Waals surface area contributed by atoms with E-state index in [-0.39, 0.29) is 0 Å². The molecule has 0 spiro atoms. The van der Waals surface area contributed by atoms with Crippen molar-refractivity contribution in [2.75, 3.05) is 11.9 Å². The SMILES string of the molecule is N#Cc1ccccc1Nc1nnc(CCN)s1. The maximum atomic E-state index is 8.95. The second-order valence-electron chi connectivity index (χ2n) is 3.32. The third-order valence-electron chi connectivity index (χ3n) is 2.11. The lowest BCUT2D eigenvalue weighted by molar-refractivity contribution is 0.913. The van der Waals surface area contributed by atoms with Crippen LogP contribution < -0.4 is 11.1 Å². The summed E-state index contributed by atoms with van der Waals surface area (Å²) in [5.41, 5.74) is 6.77. The lowest BCUT2D eigenvalue weighted by Gasteiger charge is -2.02. The molecule has 86 valence electrons. The van der Waals surface area contributed by atoms with E-state index in [1.54, 1.807) is 6.07 Å². The summed E-state index contributed by atoms with van der Waals surface area (Å²) in [5.74, 6) is 0. The molecular weight excluding hydrogens is 234 g/mol. The first-order valence-corrected chi connectivity index (χ1v) is 5.93. The summed E-state index contributed by atoms with van der Waals surface area (Å²) in [6, 6.07) is 9.40. The van der Waals surface area contributed by atoms with Gasteiger partial charge in [-0.3, -0.25) is 0 Å². The molecule has 0 aliphatic rings. The van der Waals surface area contributed by atoms with Gasteiger partial charge in [-0.05, 0) is 18.7 Å². The minimum Gasteiger partial charge on any atom is -0.330 e. The molecule has 0 amide bonds. The molecule has 1 aromatic heterocycles. The van der Waals surface area contributed by atoms with Crippen LogP contribution in [0.4, 0.5) is 10.8 Å². The minimum absolute atomic E-state index is 0.559. The van der Waals surface area contributed by atoms with Crippen LogP contribution in [0.25, 0.3) is 0 Å². The van der Waals surface area contributed by atoms with Crippen LogP contribution in [0.5, 0.6) is 0 Å². The minimum atomic E-state index is 0.559. The summed E-state index contributed by atoms with van der Waals surface area (Å²) in [7, 11) is 0. The van der Waals surface area contributed by atoms with Gasteiger partial charge in [-0.25, -0.2) is 0 Å². The van der Waals surface area contributed by atoms with Crippen molar-refractivity contribution < 1.29 is 0 Å². The van der Waals surface area contributed by atoms with Crippen molar-refractivity contribution in [1.82, 2.24) is 10.2 Å². The van der Waals surface area contributed by atoms with Crippen LogP contribution in [-0.2, 0) is 6.42 Å². The van der Waals surface area contributed by atoms with Crippen LogP contribution >= 0.6 is 11.3 Å². The predicted molar refractivity (Wildman–Crippen MR) is 67.1 cm³/mol. The highest BCUT2D eigenvalue weighted by atomic mass is 32.1. The number of benzene rings is 1. The average molecular weight is 245 g/mol. The Morgan fingerprint density at radius 2 is 2.18 bits per heavy atom. The van der Waals surface area contributed by atoms with Crippen molar-refractivity contribution in [1.29, 1.82) is 5.26 Å². The van der Waals surface area contributed by atoms with Crippen molar-refractivity contribution in [2.24, 2.45) is 5.73 Å². The Bertz CT molecular complexity index is 543.